The molecule has 0 amide bonds. The molecule has 0 unspecified atom stereocenters. The Hall–Kier alpha value is 0.230. The molecule has 0 bridgehead atoms. The first-order valence-corrected chi connectivity index (χ1v) is 6.59. The van der Waals surface area contributed by atoms with Crippen LogP contribution in [0.1, 0.15) is 19.4 Å². The first-order chi connectivity index (χ1) is 7.19. The van der Waals surface area contributed by atoms with Gasteiger partial charge in [0, 0.05) is 16.6 Å². The summed E-state index contributed by atoms with van der Waals surface area (Å²) in [6, 6.07) is 4.08. The van der Waals surface area contributed by atoms with Crippen LogP contribution in [0.15, 0.2) is 21.1 Å². The van der Waals surface area contributed by atoms with Crippen LogP contribution in [-0.2, 0) is 6.54 Å². The maximum Gasteiger partial charge on any atom is 0.138 e. The van der Waals surface area contributed by atoms with Gasteiger partial charge in [-0.3, -0.25) is 0 Å². The van der Waals surface area contributed by atoms with Crippen molar-refractivity contribution in [3.63, 3.8) is 0 Å². The van der Waals surface area contributed by atoms with Crippen LogP contribution in [0.25, 0.3) is 0 Å². The van der Waals surface area contributed by atoms with E-state index in [9.17, 15) is 0 Å². The van der Waals surface area contributed by atoms with Gasteiger partial charge in [0.1, 0.15) is 5.75 Å². The van der Waals surface area contributed by atoms with Crippen LogP contribution >= 0.6 is 44.3 Å². The van der Waals surface area contributed by atoms with Crippen LogP contribution in [0.2, 0.25) is 0 Å². The predicted molar refractivity (Wildman–Crippen MR) is 77.6 cm³/mol. The summed E-state index contributed by atoms with van der Waals surface area (Å²) in [5.74, 6) is 0.932. The van der Waals surface area contributed by atoms with Crippen LogP contribution in [0.4, 0.5) is 0 Å². The van der Waals surface area contributed by atoms with Crippen molar-refractivity contribution in [2.75, 3.05) is 13.2 Å². The molecule has 0 aromatic heterocycles. The van der Waals surface area contributed by atoms with E-state index in [1.807, 2.05) is 13.0 Å². The molecule has 0 aliphatic heterocycles. The van der Waals surface area contributed by atoms with Crippen molar-refractivity contribution in [2.24, 2.45) is 0 Å². The summed E-state index contributed by atoms with van der Waals surface area (Å²) in [7, 11) is 0. The molecule has 0 saturated carbocycles. The Balaban J connectivity index is 0.00000225. The topological polar surface area (TPSA) is 21.3 Å². The number of halogens is 3. The smallest absolute Gasteiger partial charge is 0.138 e. The summed E-state index contributed by atoms with van der Waals surface area (Å²) in [5, 5.41) is 3.30. The van der Waals surface area contributed by atoms with Crippen LogP contribution in [0.3, 0.4) is 0 Å². The highest BCUT2D eigenvalue weighted by Gasteiger charge is 2.09. The van der Waals surface area contributed by atoms with Crippen molar-refractivity contribution in [1.29, 1.82) is 0 Å². The first kappa shape index (κ1) is 16.2. The molecule has 1 N–H and O–H groups in total. The fourth-order valence-corrected chi connectivity index (χ4v) is 2.74. The molecule has 0 heterocycles. The summed E-state index contributed by atoms with van der Waals surface area (Å²) < 4.78 is 7.67. The molecule has 0 aliphatic carbocycles. The van der Waals surface area contributed by atoms with Crippen molar-refractivity contribution in [3.05, 3.63) is 26.6 Å². The molecule has 0 aliphatic rings. The fourth-order valence-electron chi connectivity index (χ4n) is 1.31. The standard InChI is InChI=1S/C11H15Br2NO.ClH/c1-3-14-7-8-5-9(12)6-10(13)11(8)15-4-2;/h5-6,14H,3-4,7H2,1-2H3;1H. The van der Waals surface area contributed by atoms with Crippen molar-refractivity contribution in [1.82, 2.24) is 5.32 Å². The average Bonchev–Trinajstić information content (AvgIpc) is 2.19. The molecule has 1 aromatic carbocycles. The third-order valence-corrected chi connectivity index (χ3v) is 2.99. The molecule has 0 atom stereocenters. The van der Waals surface area contributed by atoms with Crippen LogP contribution < -0.4 is 10.1 Å². The highest BCUT2D eigenvalue weighted by atomic mass is 79.9. The minimum atomic E-state index is 0. The second kappa shape index (κ2) is 8.34. The molecule has 2 nitrogen and oxygen atoms in total. The minimum Gasteiger partial charge on any atom is -0.492 e. The highest BCUT2D eigenvalue weighted by Crippen LogP contribution is 2.32. The Kier molecular flexibility index (Phi) is 8.46. The molecular formula is C11H16Br2ClNO. The van der Waals surface area contributed by atoms with Crippen molar-refractivity contribution >= 4 is 44.3 Å². The van der Waals surface area contributed by atoms with Gasteiger partial charge >= 0.3 is 0 Å². The monoisotopic (exact) mass is 371 g/mol. The van der Waals surface area contributed by atoms with Gasteiger partial charge < -0.3 is 10.1 Å². The SMILES string of the molecule is CCNCc1cc(Br)cc(Br)c1OCC.Cl. The van der Waals surface area contributed by atoms with Gasteiger partial charge in [-0.25, -0.2) is 0 Å². The van der Waals surface area contributed by atoms with Gasteiger partial charge in [-0.05, 0) is 41.5 Å². The molecule has 92 valence electrons. The third-order valence-electron chi connectivity index (χ3n) is 1.94. The zero-order valence-corrected chi connectivity index (χ0v) is 13.3. The lowest BCUT2D eigenvalue weighted by atomic mass is 10.2. The molecule has 5 heteroatoms. The van der Waals surface area contributed by atoms with E-state index in [2.05, 4.69) is 50.2 Å². The van der Waals surface area contributed by atoms with Gasteiger partial charge in [-0.2, -0.15) is 0 Å². The lowest BCUT2D eigenvalue weighted by molar-refractivity contribution is 0.333. The Labute approximate surface area is 120 Å². The lowest BCUT2D eigenvalue weighted by Crippen LogP contribution is -2.13. The molecule has 0 saturated heterocycles. The Bertz CT molecular complexity index is 334. The first-order valence-electron chi connectivity index (χ1n) is 5.00. The Morgan fingerprint density at radius 1 is 1.25 bits per heavy atom. The van der Waals surface area contributed by atoms with E-state index in [4.69, 9.17) is 4.74 Å². The van der Waals surface area contributed by atoms with Crippen LogP contribution in [0, 0.1) is 0 Å². The molecule has 0 spiro atoms. The summed E-state index contributed by atoms with van der Waals surface area (Å²) in [6.07, 6.45) is 0. The molecule has 0 radical (unpaired) electrons. The van der Waals surface area contributed by atoms with E-state index in [0.717, 1.165) is 27.8 Å². The number of nitrogens with one attached hydrogen (secondary N) is 1. The van der Waals surface area contributed by atoms with Gasteiger partial charge in [-0.15, -0.1) is 12.4 Å². The average molecular weight is 374 g/mol. The Morgan fingerprint density at radius 3 is 2.50 bits per heavy atom. The second-order valence-corrected chi connectivity index (χ2v) is 4.86. The molecule has 16 heavy (non-hydrogen) atoms. The molecular weight excluding hydrogens is 357 g/mol. The van der Waals surface area contributed by atoms with E-state index in [0.29, 0.717) is 6.61 Å². The van der Waals surface area contributed by atoms with E-state index < -0.39 is 0 Å². The summed E-state index contributed by atoms with van der Waals surface area (Å²) in [6.45, 7) is 6.54. The van der Waals surface area contributed by atoms with Crippen molar-refractivity contribution in [3.8, 4) is 5.75 Å². The normalized spacial score (nSPS) is 9.75. The molecule has 1 rings (SSSR count). The van der Waals surface area contributed by atoms with E-state index in [1.54, 1.807) is 0 Å². The summed E-state index contributed by atoms with van der Waals surface area (Å²) in [4.78, 5) is 0. The van der Waals surface area contributed by atoms with E-state index in [1.165, 1.54) is 5.56 Å². The van der Waals surface area contributed by atoms with Gasteiger partial charge in [0.2, 0.25) is 0 Å². The van der Waals surface area contributed by atoms with Crippen LogP contribution in [-0.4, -0.2) is 13.2 Å². The number of benzene rings is 1. The summed E-state index contributed by atoms with van der Waals surface area (Å²) >= 11 is 6.98. The number of hydrogen-bond donors (Lipinski definition) is 1. The minimum absolute atomic E-state index is 0. The maximum absolute atomic E-state index is 5.61. The van der Waals surface area contributed by atoms with Gasteiger partial charge in [-0.1, -0.05) is 22.9 Å². The van der Waals surface area contributed by atoms with Gasteiger partial charge in [0.15, 0.2) is 0 Å². The molecule has 1 aromatic rings. The zero-order chi connectivity index (χ0) is 11.3. The van der Waals surface area contributed by atoms with E-state index in [-0.39, 0.29) is 12.4 Å². The molecule has 0 fully saturated rings. The lowest BCUT2D eigenvalue weighted by Gasteiger charge is -2.13. The predicted octanol–water partition coefficient (Wildman–Crippen LogP) is 4.14. The van der Waals surface area contributed by atoms with Gasteiger partial charge in [0.05, 0.1) is 11.1 Å². The maximum atomic E-state index is 5.61. The van der Waals surface area contributed by atoms with Gasteiger partial charge in [0.25, 0.3) is 0 Å². The number of hydrogen-bond acceptors (Lipinski definition) is 2. The highest BCUT2D eigenvalue weighted by molar-refractivity contribution is 9.11. The largest absolute Gasteiger partial charge is 0.492 e. The number of ether oxygens (including phenoxy) is 1. The third kappa shape index (κ3) is 4.62. The van der Waals surface area contributed by atoms with E-state index >= 15 is 0 Å². The quantitative estimate of drug-likeness (QED) is 0.837. The van der Waals surface area contributed by atoms with Crippen molar-refractivity contribution < 1.29 is 4.74 Å². The van der Waals surface area contributed by atoms with Crippen molar-refractivity contribution in [2.45, 2.75) is 20.4 Å². The second-order valence-electron chi connectivity index (χ2n) is 3.09. The number of rotatable bonds is 5. The zero-order valence-electron chi connectivity index (χ0n) is 9.35. The van der Waals surface area contributed by atoms with Crippen LogP contribution in [0.5, 0.6) is 5.75 Å². The Morgan fingerprint density at radius 2 is 1.94 bits per heavy atom. The summed E-state index contributed by atoms with van der Waals surface area (Å²) in [5.41, 5.74) is 1.17. The fraction of sp³-hybridized carbons (Fsp3) is 0.455.